The number of alkyl halides is 3. The maximum absolute atomic E-state index is 14.3. The minimum absolute atomic E-state index is 0.127. The summed E-state index contributed by atoms with van der Waals surface area (Å²) in [4.78, 5) is 32.7. The van der Waals surface area contributed by atoms with Crippen LogP contribution >= 0.6 is 0 Å². The Kier molecular flexibility index (Phi) is 6.79. The minimum Gasteiger partial charge on any atom is -0.406 e. The molecule has 0 aliphatic heterocycles. The summed E-state index contributed by atoms with van der Waals surface area (Å²) in [6.45, 7) is 4.51. The number of fused-ring (bicyclic) bond motifs is 1. The van der Waals surface area contributed by atoms with E-state index in [1.165, 1.54) is 30.8 Å². The third-order valence-electron chi connectivity index (χ3n) is 5.26. The highest BCUT2D eigenvalue weighted by Gasteiger charge is 2.31. The van der Waals surface area contributed by atoms with Crippen molar-refractivity contribution in [1.29, 1.82) is 0 Å². The Labute approximate surface area is 207 Å². The fraction of sp³-hybridized carbons (Fsp3) is 0.208. The summed E-state index contributed by atoms with van der Waals surface area (Å²) in [6.07, 6.45) is -2.08. The van der Waals surface area contributed by atoms with E-state index in [1.807, 2.05) is 0 Å². The highest BCUT2D eigenvalue weighted by atomic mass is 19.4. The number of carbonyl (C=O) groups excluding carboxylic acids is 2. The number of anilines is 1. The van der Waals surface area contributed by atoms with E-state index < -0.39 is 29.9 Å². The summed E-state index contributed by atoms with van der Waals surface area (Å²) in [6, 6.07) is 6.48. The van der Waals surface area contributed by atoms with E-state index in [9.17, 15) is 27.2 Å². The number of hydrogen-bond donors (Lipinski definition) is 2. The second-order valence-corrected chi connectivity index (χ2v) is 8.11. The Morgan fingerprint density at radius 3 is 2.59 bits per heavy atom. The van der Waals surface area contributed by atoms with Crippen LogP contribution in [0.5, 0.6) is 5.75 Å². The summed E-state index contributed by atoms with van der Waals surface area (Å²) < 4.78 is 57.2. The average molecular weight is 516 g/mol. The molecule has 0 saturated carbocycles. The van der Waals surface area contributed by atoms with E-state index in [1.54, 1.807) is 25.1 Å². The monoisotopic (exact) mass is 516 g/mol. The number of aromatic nitrogens is 4. The van der Waals surface area contributed by atoms with Gasteiger partial charge in [-0.1, -0.05) is 0 Å². The number of pyridine rings is 1. The van der Waals surface area contributed by atoms with Crippen LogP contribution in [0.3, 0.4) is 0 Å². The van der Waals surface area contributed by atoms with Crippen LogP contribution in [0.25, 0.3) is 16.9 Å². The lowest BCUT2D eigenvalue weighted by atomic mass is 10.1. The molecule has 0 bridgehead atoms. The van der Waals surface area contributed by atoms with Crippen molar-refractivity contribution in [2.45, 2.75) is 33.2 Å². The molecule has 4 aromatic rings. The molecule has 13 heteroatoms. The third kappa shape index (κ3) is 6.00. The van der Waals surface area contributed by atoms with Crippen molar-refractivity contribution in [3.63, 3.8) is 0 Å². The largest absolute Gasteiger partial charge is 0.573 e. The van der Waals surface area contributed by atoms with Gasteiger partial charge in [0.05, 0.1) is 23.5 Å². The highest BCUT2D eigenvalue weighted by Crippen LogP contribution is 2.28. The first-order chi connectivity index (χ1) is 17.4. The van der Waals surface area contributed by atoms with Crippen molar-refractivity contribution in [2.24, 2.45) is 0 Å². The predicted octanol–water partition coefficient (Wildman–Crippen LogP) is 4.59. The van der Waals surface area contributed by atoms with Gasteiger partial charge in [-0.15, -0.1) is 13.2 Å². The van der Waals surface area contributed by atoms with Gasteiger partial charge in [0.1, 0.15) is 11.6 Å². The second-order valence-electron chi connectivity index (χ2n) is 8.11. The van der Waals surface area contributed by atoms with Crippen LogP contribution in [0, 0.1) is 12.7 Å². The predicted molar refractivity (Wildman–Crippen MR) is 124 cm³/mol. The molecule has 1 aromatic carbocycles. The van der Waals surface area contributed by atoms with Crippen LogP contribution in [0.2, 0.25) is 0 Å². The van der Waals surface area contributed by atoms with Gasteiger partial charge < -0.3 is 15.4 Å². The molecule has 0 radical (unpaired) electrons. The van der Waals surface area contributed by atoms with E-state index in [-0.39, 0.29) is 17.0 Å². The first kappa shape index (κ1) is 25.5. The molecule has 37 heavy (non-hydrogen) atoms. The summed E-state index contributed by atoms with van der Waals surface area (Å²) in [5, 5.41) is 9.60. The second kappa shape index (κ2) is 9.84. The molecule has 0 fully saturated rings. The topological polar surface area (TPSA) is 111 Å². The number of aryl methyl sites for hydroxylation is 1. The van der Waals surface area contributed by atoms with Gasteiger partial charge in [-0.3, -0.25) is 14.6 Å². The van der Waals surface area contributed by atoms with Crippen LogP contribution in [0.15, 0.2) is 48.8 Å². The molecule has 0 unspecified atom stereocenters. The molecule has 3 heterocycles. The van der Waals surface area contributed by atoms with Crippen LogP contribution in [-0.2, 0) is 4.79 Å². The molecule has 192 valence electrons. The number of ether oxygens (including phenoxy) is 1. The molecule has 9 nitrogen and oxygen atoms in total. The maximum atomic E-state index is 14.3. The van der Waals surface area contributed by atoms with Gasteiger partial charge in [0.15, 0.2) is 11.5 Å². The van der Waals surface area contributed by atoms with E-state index in [4.69, 9.17) is 0 Å². The van der Waals surface area contributed by atoms with Crippen LogP contribution in [0.4, 0.5) is 23.4 Å². The van der Waals surface area contributed by atoms with E-state index in [2.05, 4.69) is 30.4 Å². The van der Waals surface area contributed by atoms with Gasteiger partial charge in [0, 0.05) is 29.9 Å². The molecule has 2 N–H and O–H groups in total. The number of imidazole rings is 1. The van der Waals surface area contributed by atoms with Gasteiger partial charge in [-0.05, 0) is 50.2 Å². The molecule has 1 atom stereocenters. The SMILES string of the molecule is CC(=O)Nc1cn2nc(-c3cc(C(=O)N[C@H](C)c4cc(OC(F)(F)F)ccc4F)cnc3C)ccc2n1. The Morgan fingerprint density at radius 1 is 1.14 bits per heavy atom. The van der Waals surface area contributed by atoms with Gasteiger partial charge in [-0.25, -0.2) is 13.9 Å². The van der Waals surface area contributed by atoms with Crippen molar-refractivity contribution in [2.75, 3.05) is 5.32 Å². The number of halogens is 4. The molecule has 0 saturated heterocycles. The zero-order chi connectivity index (χ0) is 26.9. The van der Waals surface area contributed by atoms with E-state index >= 15 is 0 Å². The summed E-state index contributed by atoms with van der Waals surface area (Å²) >= 11 is 0. The quantitative estimate of drug-likeness (QED) is 0.363. The Balaban J connectivity index is 1.58. The number of rotatable bonds is 6. The first-order valence-corrected chi connectivity index (χ1v) is 10.9. The molecular formula is C24H20F4N6O3. The standard InChI is InChI=1S/C24H20F4N6O3/c1-12-18(20-6-7-22-32-21(31-14(3)35)11-34(22)33-20)8-15(10-29-12)23(36)30-13(2)17-9-16(4-5-19(17)25)37-24(26,27)28/h4-11,13H,1-3H3,(H,30,36)(H,31,35)/t13-/m1/s1. The zero-order valence-electron chi connectivity index (χ0n) is 19.7. The molecule has 0 spiro atoms. The van der Waals surface area contributed by atoms with Gasteiger partial charge >= 0.3 is 6.36 Å². The van der Waals surface area contributed by atoms with Crippen LogP contribution < -0.4 is 15.4 Å². The Hall–Kier alpha value is -4.55. The van der Waals surface area contributed by atoms with Crippen LogP contribution in [0.1, 0.15) is 41.5 Å². The van der Waals surface area contributed by atoms with Crippen molar-refractivity contribution >= 4 is 23.3 Å². The van der Waals surface area contributed by atoms with Crippen molar-refractivity contribution in [1.82, 2.24) is 24.9 Å². The normalized spacial score (nSPS) is 12.3. The number of hydrogen-bond acceptors (Lipinski definition) is 6. The molecular weight excluding hydrogens is 496 g/mol. The van der Waals surface area contributed by atoms with Crippen molar-refractivity contribution in [3.8, 4) is 17.0 Å². The van der Waals surface area contributed by atoms with Gasteiger partial charge in [-0.2, -0.15) is 5.10 Å². The first-order valence-electron chi connectivity index (χ1n) is 10.9. The summed E-state index contributed by atoms with van der Waals surface area (Å²) in [5.41, 5.74) is 2.00. The summed E-state index contributed by atoms with van der Waals surface area (Å²) in [5.74, 6) is -1.99. The number of amides is 2. The molecule has 2 amide bonds. The smallest absolute Gasteiger partial charge is 0.406 e. The molecule has 4 rings (SSSR count). The lowest BCUT2D eigenvalue weighted by molar-refractivity contribution is -0.274. The van der Waals surface area contributed by atoms with Gasteiger partial charge in [0.2, 0.25) is 5.91 Å². The molecule has 0 aliphatic rings. The third-order valence-corrected chi connectivity index (χ3v) is 5.26. The highest BCUT2D eigenvalue weighted by molar-refractivity contribution is 5.95. The lowest BCUT2D eigenvalue weighted by Gasteiger charge is -2.17. The lowest BCUT2D eigenvalue weighted by Crippen LogP contribution is -2.27. The zero-order valence-corrected chi connectivity index (χ0v) is 19.7. The Morgan fingerprint density at radius 2 is 1.89 bits per heavy atom. The molecule has 0 aliphatic carbocycles. The van der Waals surface area contributed by atoms with Gasteiger partial charge in [0.25, 0.3) is 5.91 Å². The minimum atomic E-state index is -4.94. The number of nitrogens with one attached hydrogen (secondary N) is 2. The fourth-order valence-electron chi connectivity index (χ4n) is 3.59. The number of carbonyl (C=O) groups is 2. The number of benzene rings is 1. The van der Waals surface area contributed by atoms with Crippen molar-refractivity contribution < 1.29 is 31.9 Å². The van der Waals surface area contributed by atoms with E-state index in [0.29, 0.717) is 28.4 Å². The average Bonchev–Trinajstić information content (AvgIpc) is 3.20. The summed E-state index contributed by atoms with van der Waals surface area (Å²) in [7, 11) is 0. The van der Waals surface area contributed by atoms with E-state index in [0.717, 1.165) is 18.2 Å². The van der Waals surface area contributed by atoms with Crippen molar-refractivity contribution in [3.05, 3.63) is 71.4 Å². The Bertz CT molecular complexity index is 1500. The van der Waals surface area contributed by atoms with Crippen LogP contribution in [-0.4, -0.2) is 37.8 Å². The maximum Gasteiger partial charge on any atom is 0.573 e. The fourth-order valence-corrected chi connectivity index (χ4v) is 3.59. The molecule has 3 aromatic heterocycles. The number of nitrogens with zero attached hydrogens (tertiary/aromatic N) is 4.